The molecule has 0 radical (unpaired) electrons. The van der Waals surface area contributed by atoms with E-state index in [-0.39, 0.29) is 84.7 Å². The summed E-state index contributed by atoms with van der Waals surface area (Å²) >= 11 is 0. The Morgan fingerprint density at radius 3 is 1.25 bits per heavy atom. The maximum Gasteiger partial charge on any atom is 1.00 e. The predicted octanol–water partition coefficient (Wildman–Crippen LogP) is -1.66. The molecule has 0 fully saturated rings. The van der Waals surface area contributed by atoms with Gasteiger partial charge >= 0.3 is 71.1 Å². The molecule has 4 N–H and O–H groups in total. The van der Waals surface area contributed by atoms with Crippen molar-refractivity contribution in [2.24, 2.45) is 11.5 Å². The molecule has 276 valence electrons. The maximum atomic E-state index is 11.7. The van der Waals surface area contributed by atoms with E-state index in [4.69, 9.17) is 11.5 Å². The molecule has 0 aromatic carbocycles. The number of carbonyl (C=O) groups excluding carboxylic acids is 3. The molecule has 0 unspecified atom stereocenters. The van der Waals surface area contributed by atoms with Gasteiger partial charge in [0.1, 0.15) is 0 Å². The van der Waals surface area contributed by atoms with Crippen molar-refractivity contribution in [1.82, 2.24) is 4.90 Å². The van der Waals surface area contributed by atoms with Crippen LogP contribution in [-0.2, 0) is 39.4 Å². The minimum atomic E-state index is -4.24. The molecule has 0 aromatic rings. The van der Waals surface area contributed by atoms with Crippen molar-refractivity contribution in [2.45, 2.75) is 142 Å². The minimum Gasteiger partial charge on any atom is -0.748 e. The van der Waals surface area contributed by atoms with Gasteiger partial charge in [-0.2, -0.15) is 0 Å². The van der Waals surface area contributed by atoms with E-state index in [0.717, 1.165) is 38.5 Å². The smallest absolute Gasteiger partial charge is 0.748 e. The summed E-state index contributed by atoms with van der Waals surface area (Å²) in [6.45, 7) is 4.09. The quantitative estimate of drug-likeness (QED) is 0.0333. The van der Waals surface area contributed by atoms with Crippen LogP contribution in [0.1, 0.15) is 142 Å². The molecule has 0 aromatic heterocycles. The first-order chi connectivity index (χ1) is 21.6. The van der Waals surface area contributed by atoms with E-state index in [2.05, 4.69) is 18.6 Å². The molecule has 13 nitrogen and oxygen atoms in total. The second-order valence-electron chi connectivity index (χ2n) is 11.3. The summed E-state index contributed by atoms with van der Waals surface area (Å²) in [5.41, 5.74) is 9.77. The fraction of sp³-hybridized carbons (Fsp3) is 0.903. The summed E-state index contributed by atoms with van der Waals surface area (Å²) in [7, 11) is -6.75. The molecule has 1 amide bonds. The Morgan fingerprint density at radius 1 is 0.583 bits per heavy atom. The number of rotatable bonds is 26. The van der Waals surface area contributed by atoms with Crippen LogP contribution in [0.4, 0.5) is 0 Å². The van der Waals surface area contributed by atoms with Crippen LogP contribution < -0.4 is 70.6 Å². The second kappa shape index (κ2) is 40.1. The zero-order valence-corrected chi connectivity index (χ0v) is 36.3. The van der Waals surface area contributed by atoms with E-state index in [1.54, 1.807) is 7.05 Å². The third-order valence-electron chi connectivity index (χ3n) is 6.84. The molecule has 0 aliphatic rings. The van der Waals surface area contributed by atoms with Gasteiger partial charge in [0.2, 0.25) is 5.91 Å². The van der Waals surface area contributed by atoms with Gasteiger partial charge in [-0.15, -0.1) is 0 Å². The molecular formula is C31H63N3Na2O10S2. The van der Waals surface area contributed by atoms with Crippen LogP contribution in [-0.4, -0.2) is 86.9 Å². The van der Waals surface area contributed by atoms with Crippen molar-refractivity contribution in [3.05, 3.63) is 0 Å². The SMILES string of the molecule is CCCCCCCCCCCC(=O)N(C)CCS(=O)(=O)[O-].CCCCCCCCCCCC(=O)OC(=O)CN.NCCS(=O)(=O)[O-].[Na+].[Na+]. The Bertz CT molecular complexity index is 974. The van der Waals surface area contributed by atoms with Crippen LogP contribution in [0.15, 0.2) is 0 Å². The third kappa shape index (κ3) is 53.1. The summed E-state index contributed by atoms with van der Waals surface area (Å²) in [4.78, 5) is 34.9. The Labute approximate surface area is 336 Å². The van der Waals surface area contributed by atoms with Crippen LogP contribution >= 0.6 is 0 Å². The number of hydrogen-bond acceptors (Lipinski definition) is 12. The number of amides is 1. The van der Waals surface area contributed by atoms with Gasteiger partial charge in [0.15, 0.2) is 0 Å². The fourth-order valence-corrected chi connectivity index (χ4v) is 4.88. The normalized spacial score (nSPS) is 10.6. The Kier molecular flexibility index (Phi) is 48.2. The summed E-state index contributed by atoms with van der Waals surface area (Å²) < 4.78 is 64.7. The summed E-state index contributed by atoms with van der Waals surface area (Å²) in [6, 6.07) is 0. The average Bonchev–Trinajstić information content (AvgIpc) is 2.97. The zero-order valence-electron chi connectivity index (χ0n) is 30.7. The van der Waals surface area contributed by atoms with Gasteiger partial charge < -0.3 is 30.2 Å². The second-order valence-corrected chi connectivity index (χ2v) is 14.4. The van der Waals surface area contributed by atoms with Crippen molar-refractivity contribution < 1.29 is 104 Å². The summed E-state index contributed by atoms with van der Waals surface area (Å²) in [5.74, 6) is -2.15. The summed E-state index contributed by atoms with van der Waals surface area (Å²) in [5, 5.41) is 0. The van der Waals surface area contributed by atoms with Crippen molar-refractivity contribution >= 4 is 38.1 Å². The molecular weight excluding hydrogens is 684 g/mol. The Hall–Kier alpha value is 0.350. The first-order valence-electron chi connectivity index (χ1n) is 16.9. The average molecular weight is 748 g/mol. The van der Waals surface area contributed by atoms with E-state index in [1.165, 1.54) is 81.9 Å². The van der Waals surface area contributed by atoms with E-state index in [0.29, 0.717) is 12.8 Å². The van der Waals surface area contributed by atoms with Crippen molar-refractivity contribution in [1.29, 1.82) is 0 Å². The number of esters is 2. The zero-order chi connectivity index (χ0) is 35.7. The Morgan fingerprint density at radius 2 is 0.938 bits per heavy atom. The molecule has 0 bridgehead atoms. The standard InChI is InChI=1S/C15H31NO4S.C14H27NO3.C2H7NO3S.2Na/c1-3-4-5-6-7-8-9-10-11-12-15(17)16(2)13-14-21(18,19)20;1-2-3-4-5-6-7-8-9-10-11-13(16)18-14(17)12-15;3-1-2-7(4,5)6;;/h3-14H2,1-2H3,(H,18,19,20);2-12,15H2,1H3;1-3H2,(H,4,5,6);;/q;;;2*+1/p-2. The Balaban J connectivity index is -0.000000208. The van der Waals surface area contributed by atoms with Crippen LogP contribution in [0.3, 0.4) is 0 Å². The van der Waals surface area contributed by atoms with Crippen molar-refractivity contribution in [3.63, 3.8) is 0 Å². The molecule has 48 heavy (non-hydrogen) atoms. The van der Waals surface area contributed by atoms with Crippen molar-refractivity contribution in [3.8, 4) is 0 Å². The van der Waals surface area contributed by atoms with Crippen molar-refractivity contribution in [2.75, 3.05) is 38.2 Å². The van der Waals surface area contributed by atoms with E-state index < -0.39 is 43.7 Å². The van der Waals surface area contributed by atoms with Gasteiger partial charge in [-0.3, -0.25) is 14.4 Å². The van der Waals surface area contributed by atoms with Gasteiger partial charge in [0.25, 0.3) is 0 Å². The maximum absolute atomic E-state index is 11.7. The molecule has 0 spiro atoms. The third-order valence-corrected chi connectivity index (χ3v) is 8.26. The first-order valence-corrected chi connectivity index (χ1v) is 20.0. The van der Waals surface area contributed by atoms with E-state index >= 15 is 0 Å². The van der Waals surface area contributed by atoms with Crippen LogP contribution in [0, 0.1) is 0 Å². The molecule has 0 saturated heterocycles. The van der Waals surface area contributed by atoms with E-state index in [1.807, 2.05) is 0 Å². The number of ether oxygens (including phenoxy) is 1. The summed E-state index contributed by atoms with van der Waals surface area (Å²) in [6.07, 6.45) is 22.3. The van der Waals surface area contributed by atoms with Crippen LogP contribution in [0.2, 0.25) is 0 Å². The molecule has 17 heteroatoms. The minimum absolute atomic E-state index is 0. The molecule has 0 aliphatic heterocycles. The number of hydrogen-bond donors (Lipinski definition) is 2. The monoisotopic (exact) mass is 747 g/mol. The van der Waals surface area contributed by atoms with Gasteiger partial charge in [-0.1, -0.05) is 117 Å². The predicted molar refractivity (Wildman–Crippen MR) is 180 cm³/mol. The molecule has 0 rings (SSSR count). The van der Waals surface area contributed by atoms with Gasteiger partial charge in [-0.05, 0) is 12.8 Å². The topological polar surface area (TPSA) is 230 Å². The molecule has 0 heterocycles. The van der Waals surface area contributed by atoms with E-state index in [9.17, 15) is 40.3 Å². The van der Waals surface area contributed by atoms with Gasteiger partial charge in [0.05, 0.1) is 38.3 Å². The fourth-order valence-electron chi connectivity index (χ4n) is 4.10. The van der Waals surface area contributed by atoms with Crippen LogP contribution in [0.25, 0.3) is 0 Å². The number of unbranched alkanes of at least 4 members (excludes halogenated alkanes) is 16. The molecule has 0 atom stereocenters. The number of nitrogens with zero attached hydrogens (tertiary/aromatic N) is 1. The molecule has 0 saturated carbocycles. The molecule has 0 aliphatic carbocycles. The first kappa shape index (κ1) is 57.7. The van der Waals surface area contributed by atoms with Gasteiger partial charge in [-0.25, -0.2) is 16.8 Å². The number of carbonyl (C=O) groups is 3. The van der Waals surface area contributed by atoms with Crippen LogP contribution in [0.5, 0.6) is 0 Å². The number of nitrogens with two attached hydrogens (primary N) is 2. The largest absolute Gasteiger partial charge is 1.00 e. The van der Waals surface area contributed by atoms with Gasteiger partial charge in [0, 0.05) is 33.0 Å².